The average Bonchev–Trinajstić information content (AvgIpc) is 2.50. The number of anilines is 2. The van der Waals surface area contributed by atoms with Crippen molar-refractivity contribution in [3.05, 3.63) is 11.4 Å². The maximum absolute atomic E-state index is 4.84. The van der Waals surface area contributed by atoms with E-state index in [1.807, 2.05) is 7.05 Å². The summed E-state index contributed by atoms with van der Waals surface area (Å²) in [5, 5.41) is 3.22. The molecule has 2 rings (SSSR count). The minimum atomic E-state index is 0.910. The minimum absolute atomic E-state index is 0.910. The van der Waals surface area contributed by atoms with Crippen LogP contribution in [0.5, 0.6) is 0 Å². The molecule has 0 aliphatic carbocycles. The molecule has 0 bridgehead atoms. The number of aromatic nitrogens is 2. The Hall–Kier alpha value is -1.32. The van der Waals surface area contributed by atoms with Crippen molar-refractivity contribution >= 4 is 11.6 Å². The smallest absolute Gasteiger partial charge is 0.137 e. The van der Waals surface area contributed by atoms with Gasteiger partial charge in [-0.3, -0.25) is 0 Å². The van der Waals surface area contributed by atoms with Crippen molar-refractivity contribution in [1.82, 2.24) is 9.97 Å². The summed E-state index contributed by atoms with van der Waals surface area (Å²) in [6.07, 6.45) is 7.32. The molecular formula is C17H30N4. The van der Waals surface area contributed by atoms with Gasteiger partial charge in [-0.15, -0.1) is 0 Å². The van der Waals surface area contributed by atoms with Gasteiger partial charge in [-0.2, -0.15) is 0 Å². The molecule has 1 N–H and O–H groups in total. The zero-order chi connectivity index (χ0) is 15.2. The first-order valence-electron chi connectivity index (χ1n) is 8.49. The molecule has 1 aliphatic rings. The highest BCUT2D eigenvalue weighted by Crippen LogP contribution is 2.29. The Kier molecular flexibility index (Phi) is 5.83. The minimum Gasteiger partial charge on any atom is -0.373 e. The van der Waals surface area contributed by atoms with E-state index in [9.17, 15) is 0 Å². The van der Waals surface area contributed by atoms with Crippen molar-refractivity contribution in [2.45, 2.75) is 59.3 Å². The summed E-state index contributed by atoms with van der Waals surface area (Å²) < 4.78 is 0. The van der Waals surface area contributed by atoms with Crippen LogP contribution in [-0.4, -0.2) is 30.1 Å². The monoisotopic (exact) mass is 290 g/mol. The lowest BCUT2D eigenvalue weighted by Gasteiger charge is -2.34. The van der Waals surface area contributed by atoms with Crippen LogP contribution in [0.3, 0.4) is 0 Å². The zero-order valence-corrected chi connectivity index (χ0v) is 14.1. The number of piperidine rings is 1. The van der Waals surface area contributed by atoms with E-state index in [1.54, 1.807) is 0 Å². The van der Waals surface area contributed by atoms with Gasteiger partial charge in [0, 0.05) is 32.1 Å². The summed E-state index contributed by atoms with van der Waals surface area (Å²) in [5.74, 6) is 4.01. The molecule has 1 saturated heterocycles. The molecule has 0 saturated carbocycles. The maximum Gasteiger partial charge on any atom is 0.137 e. The highest BCUT2D eigenvalue weighted by atomic mass is 15.2. The van der Waals surface area contributed by atoms with Gasteiger partial charge < -0.3 is 10.2 Å². The Morgan fingerprint density at radius 3 is 2.43 bits per heavy atom. The van der Waals surface area contributed by atoms with Gasteiger partial charge in [0.15, 0.2) is 0 Å². The first kappa shape index (κ1) is 16.1. The molecule has 0 spiro atoms. The lowest BCUT2D eigenvalue weighted by molar-refractivity contribution is 0.377. The lowest BCUT2D eigenvalue weighted by Crippen LogP contribution is -2.35. The third kappa shape index (κ3) is 3.86. The van der Waals surface area contributed by atoms with Crippen LogP contribution in [0.4, 0.5) is 11.6 Å². The van der Waals surface area contributed by atoms with Gasteiger partial charge >= 0.3 is 0 Å². The Bertz CT molecular complexity index is 450. The summed E-state index contributed by atoms with van der Waals surface area (Å²) >= 11 is 0. The van der Waals surface area contributed by atoms with Crippen LogP contribution < -0.4 is 10.2 Å². The molecule has 2 heterocycles. The molecule has 0 amide bonds. The summed E-state index contributed by atoms with van der Waals surface area (Å²) in [7, 11) is 1.95. The van der Waals surface area contributed by atoms with Crippen LogP contribution in [-0.2, 0) is 6.42 Å². The molecule has 21 heavy (non-hydrogen) atoms. The van der Waals surface area contributed by atoms with E-state index in [1.165, 1.54) is 31.2 Å². The van der Waals surface area contributed by atoms with Crippen LogP contribution in [0.25, 0.3) is 0 Å². The fourth-order valence-corrected chi connectivity index (χ4v) is 3.28. The number of aryl methyl sites for hydroxylation is 1. The van der Waals surface area contributed by atoms with Crippen LogP contribution >= 0.6 is 0 Å². The highest BCUT2D eigenvalue weighted by Gasteiger charge is 2.22. The van der Waals surface area contributed by atoms with Crippen molar-refractivity contribution in [1.29, 1.82) is 0 Å². The number of hydrogen-bond acceptors (Lipinski definition) is 4. The molecule has 118 valence electrons. The van der Waals surface area contributed by atoms with E-state index in [0.717, 1.165) is 49.3 Å². The van der Waals surface area contributed by atoms with Crippen molar-refractivity contribution in [3.63, 3.8) is 0 Å². The zero-order valence-electron chi connectivity index (χ0n) is 14.1. The summed E-state index contributed by atoms with van der Waals surface area (Å²) in [5.41, 5.74) is 1.19. The first-order chi connectivity index (χ1) is 10.2. The Morgan fingerprint density at radius 2 is 1.86 bits per heavy atom. The topological polar surface area (TPSA) is 41.1 Å². The molecule has 0 atom stereocenters. The third-order valence-electron chi connectivity index (χ3n) is 4.49. The predicted octanol–water partition coefficient (Wildman–Crippen LogP) is 3.80. The Labute approximate surface area is 129 Å². The molecule has 1 aromatic rings. The SMILES string of the molecule is CCCc1nc(NC)c(C)c(N2CCC(CCC)CC2)n1. The van der Waals surface area contributed by atoms with Gasteiger partial charge in [-0.1, -0.05) is 26.7 Å². The van der Waals surface area contributed by atoms with E-state index in [2.05, 4.69) is 36.0 Å². The quantitative estimate of drug-likeness (QED) is 0.865. The molecule has 1 aliphatic heterocycles. The Morgan fingerprint density at radius 1 is 1.14 bits per heavy atom. The van der Waals surface area contributed by atoms with Gasteiger partial charge in [0.2, 0.25) is 0 Å². The van der Waals surface area contributed by atoms with Crippen molar-refractivity contribution in [3.8, 4) is 0 Å². The summed E-state index contributed by atoms with van der Waals surface area (Å²) in [6, 6.07) is 0. The molecule has 4 nitrogen and oxygen atoms in total. The fourth-order valence-electron chi connectivity index (χ4n) is 3.28. The maximum atomic E-state index is 4.84. The second-order valence-electron chi connectivity index (χ2n) is 6.16. The molecule has 4 heteroatoms. The molecule has 0 unspecified atom stereocenters. The van der Waals surface area contributed by atoms with Gasteiger partial charge in [0.1, 0.15) is 17.5 Å². The third-order valence-corrected chi connectivity index (χ3v) is 4.49. The van der Waals surface area contributed by atoms with Crippen LogP contribution in [0.1, 0.15) is 57.3 Å². The molecule has 1 fully saturated rings. The number of nitrogens with one attached hydrogen (secondary N) is 1. The normalized spacial score (nSPS) is 16.3. The Balaban J connectivity index is 2.17. The first-order valence-corrected chi connectivity index (χ1v) is 8.49. The van der Waals surface area contributed by atoms with Crippen LogP contribution in [0.15, 0.2) is 0 Å². The van der Waals surface area contributed by atoms with E-state index in [0.29, 0.717) is 0 Å². The van der Waals surface area contributed by atoms with Crippen molar-refractivity contribution in [2.24, 2.45) is 5.92 Å². The largest absolute Gasteiger partial charge is 0.373 e. The molecule has 0 radical (unpaired) electrons. The molecule has 1 aromatic heterocycles. The number of hydrogen-bond donors (Lipinski definition) is 1. The van der Waals surface area contributed by atoms with Gasteiger partial charge in [-0.25, -0.2) is 9.97 Å². The van der Waals surface area contributed by atoms with E-state index >= 15 is 0 Å². The summed E-state index contributed by atoms with van der Waals surface area (Å²) in [6.45, 7) is 8.87. The van der Waals surface area contributed by atoms with Gasteiger partial charge in [-0.05, 0) is 32.1 Å². The highest BCUT2D eigenvalue weighted by molar-refractivity contribution is 5.58. The lowest BCUT2D eigenvalue weighted by atomic mass is 9.92. The van der Waals surface area contributed by atoms with Crippen LogP contribution in [0.2, 0.25) is 0 Å². The van der Waals surface area contributed by atoms with Gasteiger partial charge in [0.05, 0.1) is 0 Å². The van der Waals surface area contributed by atoms with E-state index in [-0.39, 0.29) is 0 Å². The standard InChI is InChI=1S/C17H30N4/c1-5-7-14-9-11-21(12-10-14)17-13(3)16(18-4)19-15(20-17)8-6-2/h14H,5-12H2,1-4H3,(H,18,19,20). The van der Waals surface area contributed by atoms with Gasteiger partial charge in [0.25, 0.3) is 0 Å². The predicted molar refractivity (Wildman–Crippen MR) is 90.2 cm³/mol. The van der Waals surface area contributed by atoms with Crippen LogP contribution in [0, 0.1) is 12.8 Å². The van der Waals surface area contributed by atoms with Crippen molar-refractivity contribution in [2.75, 3.05) is 30.4 Å². The average molecular weight is 290 g/mol. The molecular weight excluding hydrogens is 260 g/mol. The van der Waals surface area contributed by atoms with Crippen molar-refractivity contribution < 1.29 is 0 Å². The van der Waals surface area contributed by atoms with E-state index < -0.39 is 0 Å². The fraction of sp³-hybridized carbons (Fsp3) is 0.765. The van der Waals surface area contributed by atoms with E-state index in [4.69, 9.17) is 4.98 Å². The molecule has 0 aromatic carbocycles. The summed E-state index contributed by atoms with van der Waals surface area (Å²) in [4.78, 5) is 11.9. The second-order valence-corrected chi connectivity index (χ2v) is 6.16. The second kappa shape index (κ2) is 7.62. The number of nitrogens with zero attached hydrogens (tertiary/aromatic N) is 3. The number of rotatable bonds is 6.